The van der Waals surface area contributed by atoms with Crippen molar-refractivity contribution in [3.63, 3.8) is 0 Å². The number of phenolic OH excluding ortho intramolecular Hbond substituents is 1. The molecule has 0 fully saturated rings. The summed E-state index contributed by atoms with van der Waals surface area (Å²) in [5.41, 5.74) is 1.18. The van der Waals surface area contributed by atoms with E-state index in [1.54, 1.807) is 17.4 Å². The molecule has 20 heavy (non-hydrogen) atoms. The normalized spacial score (nSPS) is 10.4. The van der Waals surface area contributed by atoms with Gasteiger partial charge in [0, 0.05) is 10.3 Å². The first-order valence-corrected chi connectivity index (χ1v) is 6.64. The van der Waals surface area contributed by atoms with Crippen LogP contribution in [0.1, 0.15) is 0 Å². The van der Waals surface area contributed by atoms with E-state index in [0.717, 1.165) is 10.8 Å². The SMILES string of the molecule is FC(F)F.Oc1ccc(-c2cccs2)c2ccccc12. The minimum Gasteiger partial charge on any atom is -0.507 e. The Morgan fingerprint density at radius 1 is 0.850 bits per heavy atom. The molecule has 0 atom stereocenters. The van der Waals surface area contributed by atoms with Crippen LogP contribution >= 0.6 is 11.3 Å². The Morgan fingerprint density at radius 3 is 2.10 bits per heavy atom. The molecule has 0 amide bonds. The van der Waals surface area contributed by atoms with Crippen LogP contribution in [0.2, 0.25) is 0 Å². The lowest BCUT2D eigenvalue weighted by Crippen LogP contribution is -1.78. The number of alkyl halides is 3. The van der Waals surface area contributed by atoms with Crippen molar-refractivity contribution in [2.45, 2.75) is 6.68 Å². The molecule has 0 aliphatic heterocycles. The van der Waals surface area contributed by atoms with Gasteiger partial charge in [0.2, 0.25) is 0 Å². The Kier molecular flexibility index (Phi) is 4.63. The van der Waals surface area contributed by atoms with Crippen LogP contribution in [-0.2, 0) is 0 Å². The Bertz CT molecular complexity index is 678. The molecule has 1 aromatic heterocycles. The molecular weight excluding hydrogens is 285 g/mol. The first kappa shape index (κ1) is 14.4. The van der Waals surface area contributed by atoms with Crippen molar-refractivity contribution >= 4 is 22.1 Å². The van der Waals surface area contributed by atoms with Crippen LogP contribution in [0.15, 0.2) is 53.9 Å². The number of fused-ring (bicyclic) bond motifs is 1. The highest BCUT2D eigenvalue weighted by Gasteiger charge is 2.06. The van der Waals surface area contributed by atoms with Crippen LogP contribution in [0.5, 0.6) is 5.75 Å². The zero-order valence-corrected chi connectivity index (χ0v) is 11.1. The lowest BCUT2D eigenvalue weighted by Gasteiger charge is -2.06. The second-order valence-electron chi connectivity index (χ2n) is 3.90. The fourth-order valence-corrected chi connectivity index (χ4v) is 2.70. The molecule has 0 saturated heterocycles. The Hall–Kier alpha value is -2.01. The number of rotatable bonds is 1. The van der Waals surface area contributed by atoms with E-state index in [0.29, 0.717) is 5.75 Å². The molecule has 1 heterocycles. The summed E-state index contributed by atoms with van der Waals surface area (Å²) in [7, 11) is 0. The highest BCUT2D eigenvalue weighted by atomic mass is 32.1. The molecule has 104 valence electrons. The molecule has 2 aromatic carbocycles. The smallest absolute Gasteiger partial charge is 0.379 e. The van der Waals surface area contributed by atoms with E-state index in [4.69, 9.17) is 0 Å². The second-order valence-corrected chi connectivity index (χ2v) is 4.85. The average molecular weight is 296 g/mol. The third-order valence-corrected chi connectivity index (χ3v) is 3.59. The fourth-order valence-electron chi connectivity index (χ4n) is 1.93. The molecule has 0 radical (unpaired) electrons. The summed E-state index contributed by atoms with van der Waals surface area (Å²) < 4.78 is 29.0. The Balaban J connectivity index is 0.000000328. The maximum Gasteiger partial charge on any atom is 0.379 e. The minimum absolute atomic E-state index is 0.343. The first-order valence-electron chi connectivity index (χ1n) is 5.76. The summed E-state index contributed by atoms with van der Waals surface area (Å²) in [5, 5.41) is 13.9. The summed E-state index contributed by atoms with van der Waals surface area (Å²) in [6.07, 6.45) is 0. The van der Waals surface area contributed by atoms with Crippen molar-refractivity contribution in [3.05, 3.63) is 53.9 Å². The van der Waals surface area contributed by atoms with Gasteiger partial charge in [-0.25, -0.2) is 0 Å². The zero-order chi connectivity index (χ0) is 14.5. The van der Waals surface area contributed by atoms with E-state index in [-0.39, 0.29) is 0 Å². The first-order chi connectivity index (χ1) is 9.59. The van der Waals surface area contributed by atoms with E-state index in [9.17, 15) is 18.3 Å². The number of halogens is 3. The van der Waals surface area contributed by atoms with Crippen LogP contribution in [0.3, 0.4) is 0 Å². The lowest BCUT2D eigenvalue weighted by atomic mass is 10.0. The molecule has 3 aromatic rings. The largest absolute Gasteiger partial charge is 0.507 e. The molecule has 0 spiro atoms. The molecular formula is C15H11F3OS. The molecule has 1 nitrogen and oxygen atoms in total. The van der Waals surface area contributed by atoms with Gasteiger partial charge in [-0.05, 0) is 34.5 Å². The van der Waals surface area contributed by atoms with Gasteiger partial charge >= 0.3 is 6.68 Å². The highest BCUT2D eigenvalue weighted by molar-refractivity contribution is 7.13. The summed E-state index contributed by atoms with van der Waals surface area (Å²) in [4.78, 5) is 1.23. The van der Waals surface area contributed by atoms with Crippen LogP contribution < -0.4 is 0 Å². The van der Waals surface area contributed by atoms with Gasteiger partial charge in [-0.1, -0.05) is 30.3 Å². The number of hydrogen-bond donors (Lipinski definition) is 1. The van der Waals surface area contributed by atoms with E-state index >= 15 is 0 Å². The summed E-state index contributed by atoms with van der Waals surface area (Å²) >= 11 is 1.72. The maximum atomic E-state index is 9.80. The van der Waals surface area contributed by atoms with Crippen LogP contribution in [0, 0.1) is 0 Å². The van der Waals surface area contributed by atoms with E-state index in [1.165, 1.54) is 10.4 Å². The predicted octanol–water partition coefficient (Wildman–Crippen LogP) is 5.45. The molecule has 3 rings (SSSR count). The third-order valence-electron chi connectivity index (χ3n) is 2.69. The number of benzene rings is 2. The number of thiophene rings is 1. The summed E-state index contributed by atoms with van der Waals surface area (Å²) in [6.45, 7) is -3.67. The van der Waals surface area contributed by atoms with Crippen molar-refractivity contribution < 1.29 is 18.3 Å². The van der Waals surface area contributed by atoms with E-state index < -0.39 is 6.68 Å². The van der Waals surface area contributed by atoms with Gasteiger partial charge in [0.1, 0.15) is 5.75 Å². The number of phenols is 1. The maximum absolute atomic E-state index is 9.80. The molecule has 0 aliphatic carbocycles. The van der Waals surface area contributed by atoms with E-state index in [1.807, 2.05) is 36.4 Å². The van der Waals surface area contributed by atoms with Crippen molar-refractivity contribution in [1.82, 2.24) is 0 Å². The van der Waals surface area contributed by atoms with Gasteiger partial charge in [0.05, 0.1) is 0 Å². The fraction of sp³-hybridized carbons (Fsp3) is 0.0667. The molecule has 1 N–H and O–H groups in total. The molecule has 0 bridgehead atoms. The van der Waals surface area contributed by atoms with Gasteiger partial charge in [-0.15, -0.1) is 11.3 Å². The van der Waals surface area contributed by atoms with Gasteiger partial charge in [-0.2, -0.15) is 13.2 Å². The summed E-state index contributed by atoms with van der Waals surface area (Å²) in [6, 6.07) is 15.8. The van der Waals surface area contributed by atoms with Gasteiger partial charge in [-0.3, -0.25) is 0 Å². The molecule has 0 unspecified atom stereocenters. The van der Waals surface area contributed by atoms with Crippen LogP contribution in [0.25, 0.3) is 21.2 Å². The molecule has 0 aliphatic rings. The number of aromatic hydroxyl groups is 1. The Labute approximate surface area is 117 Å². The third kappa shape index (κ3) is 3.30. The van der Waals surface area contributed by atoms with Crippen molar-refractivity contribution in [2.75, 3.05) is 0 Å². The van der Waals surface area contributed by atoms with Gasteiger partial charge in [0.15, 0.2) is 0 Å². The second kappa shape index (κ2) is 6.43. The number of hydrogen-bond acceptors (Lipinski definition) is 2. The van der Waals surface area contributed by atoms with Crippen LogP contribution in [0.4, 0.5) is 13.2 Å². The molecule has 0 saturated carbocycles. The van der Waals surface area contributed by atoms with E-state index in [2.05, 4.69) is 11.4 Å². The molecule has 5 heteroatoms. The summed E-state index contributed by atoms with van der Waals surface area (Å²) in [5.74, 6) is 0.343. The van der Waals surface area contributed by atoms with Crippen molar-refractivity contribution in [3.8, 4) is 16.2 Å². The van der Waals surface area contributed by atoms with Crippen LogP contribution in [-0.4, -0.2) is 11.8 Å². The topological polar surface area (TPSA) is 20.2 Å². The zero-order valence-electron chi connectivity index (χ0n) is 10.3. The Morgan fingerprint density at radius 2 is 1.50 bits per heavy atom. The van der Waals surface area contributed by atoms with Gasteiger partial charge in [0.25, 0.3) is 0 Å². The highest BCUT2D eigenvalue weighted by Crippen LogP contribution is 2.35. The monoisotopic (exact) mass is 296 g/mol. The lowest BCUT2D eigenvalue weighted by molar-refractivity contribution is 0.00819. The van der Waals surface area contributed by atoms with Crippen molar-refractivity contribution in [1.29, 1.82) is 0 Å². The predicted molar refractivity (Wildman–Crippen MR) is 76.0 cm³/mol. The average Bonchev–Trinajstić information content (AvgIpc) is 2.93. The minimum atomic E-state index is -3.67. The standard InChI is InChI=1S/C14H10OS.CHF3/c15-13-8-7-12(14-6-3-9-16-14)10-4-1-2-5-11(10)13;2-1(3)4/h1-9,15H;1H. The van der Waals surface area contributed by atoms with Crippen molar-refractivity contribution in [2.24, 2.45) is 0 Å². The quantitative estimate of drug-likeness (QED) is 0.633. The van der Waals surface area contributed by atoms with Gasteiger partial charge < -0.3 is 5.11 Å².